The van der Waals surface area contributed by atoms with E-state index >= 15 is 0 Å². The molecule has 0 saturated carbocycles. The molecule has 0 radical (unpaired) electrons. The summed E-state index contributed by atoms with van der Waals surface area (Å²) in [5, 5.41) is 0. The number of rotatable bonds is 4. The van der Waals surface area contributed by atoms with Gasteiger partial charge in [-0.2, -0.15) is 0 Å². The third-order valence-electron chi connectivity index (χ3n) is 2.39. The van der Waals surface area contributed by atoms with Gasteiger partial charge in [0.15, 0.2) is 0 Å². The van der Waals surface area contributed by atoms with E-state index in [9.17, 15) is 0 Å². The summed E-state index contributed by atoms with van der Waals surface area (Å²) in [5.74, 6) is 0. The Bertz CT molecular complexity index is 318. The second kappa shape index (κ2) is 5.78. The molecular weight excluding hydrogens is 188 g/mol. The summed E-state index contributed by atoms with van der Waals surface area (Å²) in [6.07, 6.45) is 3.26. The molecule has 1 aromatic rings. The van der Waals surface area contributed by atoms with E-state index in [1.165, 1.54) is 16.7 Å². The molecule has 0 fully saturated rings. The number of hydrogen-bond donors (Lipinski definition) is 0. The molecule has 2 heteroatoms. The Labute approximate surface area is 89.3 Å². The molecule has 0 spiro atoms. The molecule has 0 atom stereocenters. The van der Waals surface area contributed by atoms with Gasteiger partial charge in [0.05, 0.1) is 6.61 Å². The molecule has 1 rings (SSSR count). The maximum absolute atomic E-state index is 5.32. The lowest BCUT2D eigenvalue weighted by molar-refractivity contribution is 0.338. The van der Waals surface area contributed by atoms with Crippen LogP contribution in [0, 0.1) is 0 Å². The van der Waals surface area contributed by atoms with Crippen LogP contribution in [0.5, 0.6) is 0 Å². The highest BCUT2D eigenvalue weighted by atomic mass is 28.2. The lowest BCUT2D eigenvalue weighted by atomic mass is 9.98. The second-order valence-corrected chi connectivity index (χ2v) is 3.83. The molecule has 0 bridgehead atoms. The van der Waals surface area contributed by atoms with Crippen LogP contribution in [0.15, 0.2) is 30.3 Å². The van der Waals surface area contributed by atoms with Crippen LogP contribution in [0.2, 0.25) is 0 Å². The van der Waals surface area contributed by atoms with Crippen molar-refractivity contribution in [1.82, 2.24) is 0 Å². The van der Waals surface area contributed by atoms with Gasteiger partial charge in [-0.25, -0.2) is 0 Å². The first-order chi connectivity index (χ1) is 6.83. The smallest absolute Gasteiger partial charge is 0.146 e. The van der Waals surface area contributed by atoms with Crippen molar-refractivity contribution in [3.8, 4) is 0 Å². The van der Waals surface area contributed by atoms with E-state index in [0.717, 1.165) is 23.5 Å². The highest BCUT2D eigenvalue weighted by Gasteiger charge is 2.03. The minimum Gasteiger partial charge on any atom is -0.424 e. The normalized spacial score (nSPS) is 12.0. The van der Waals surface area contributed by atoms with Crippen LogP contribution in [0.4, 0.5) is 0 Å². The summed E-state index contributed by atoms with van der Waals surface area (Å²) in [7, 11) is 0.801. The lowest BCUT2D eigenvalue weighted by Gasteiger charge is -2.10. The van der Waals surface area contributed by atoms with Crippen molar-refractivity contribution in [2.24, 2.45) is 0 Å². The fourth-order valence-electron chi connectivity index (χ4n) is 1.67. The molecule has 76 valence electrons. The monoisotopic (exact) mass is 206 g/mol. The van der Waals surface area contributed by atoms with E-state index in [4.69, 9.17) is 4.43 Å². The molecule has 1 aromatic carbocycles. The third-order valence-corrected chi connectivity index (χ3v) is 2.68. The first kappa shape index (κ1) is 11.2. The van der Waals surface area contributed by atoms with E-state index in [1.807, 2.05) is 0 Å². The SMILES string of the molecule is CC=C(CC)c1ccccc1CO[SiH3]. The quantitative estimate of drug-likeness (QED) is 0.687. The summed E-state index contributed by atoms with van der Waals surface area (Å²) < 4.78 is 5.32. The van der Waals surface area contributed by atoms with Crippen molar-refractivity contribution in [2.45, 2.75) is 26.9 Å². The van der Waals surface area contributed by atoms with Gasteiger partial charge in [-0.3, -0.25) is 0 Å². The number of hydrogen-bond acceptors (Lipinski definition) is 1. The van der Waals surface area contributed by atoms with Gasteiger partial charge in [-0.05, 0) is 30.0 Å². The Morgan fingerprint density at radius 3 is 2.71 bits per heavy atom. The van der Waals surface area contributed by atoms with Gasteiger partial charge in [0.1, 0.15) is 10.5 Å². The van der Waals surface area contributed by atoms with Gasteiger partial charge < -0.3 is 4.43 Å². The minimum atomic E-state index is 0.750. The highest BCUT2D eigenvalue weighted by molar-refractivity contribution is 5.97. The molecular formula is C12H18OSi. The molecule has 0 aliphatic rings. The Balaban J connectivity index is 3.05. The first-order valence-electron chi connectivity index (χ1n) is 5.05. The summed E-state index contributed by atoms with van der Waals surface area (Å²) in [6, 6.07) is 8.48. The van der Waals surface area contributed by atoms with Crippen LogP contribution in [-0.4, -0.2) is 10.5 Å². The molecule has 0 saturated heterocycles. The van der Waals surface area contributed by atoms with Gasteiger partial charge in [0.25, 0.3) is 0 Å². The molecule has 14 heavy (non-hydrogen) atoms. The predicted molar refractivity (Wildman–Crippen MR) is 65.1 cm³/mol. The fourth-order valence-corrected chi connectivity index (χ4v) is 1.98. The summed E-state index contributed by atoms with van der Waals surface area (Å²) in [6.45, 7) is 5.03. The zero-order valence-corrected chi connectivity index (χ0v) is 11.2. The van der Waals surface area contributed by atoms with Crippen LogP contribution < -0.4 is 0 Å². The molecule has 0 amide bonds. The Kier molecular flexibility index (Phi) is 4.63. The molecule has 0 aliphatic carbocycles. The van der Waals surface area contributed by atoms with Gasteiger partial charge in [0.2, 0.25) is 0 Å². The molecule has 0 heterocycles. The van der Waals surface area contributed by atoms with Crippen molar-refractivity contribution >= 4 is 16.1 Å². The summed E-state index contributed by atoms with van der Waals surface area (Å²) >= 11 is 0. The largest absolute Gasteiger partial charge is 0.424 e. The average molecular weight is 206 g/mol. The van der Waals surface area contributed by atoms with E-state index < -0.39 is 0 Å². The average Bonchev–Trinajstić information content (AvgIpc) is 2.23. The van der Waals surface area contributed by atoms with E-state index in [2.05, 4.69) is 44.2 Å². The van der Waals surface area contributed by atoms with Crippen LogP contribution >= 0.6 is 0 Å². The van der Waals surface area contributed by atoms with Crippen molar-refractivity contribution in [1.29, 1.82) is 0 Å². The zero-order chi connectivity index (χ0) is 10.4. The number of benzene rings is 1. The maximum Gasteiger partial charge on any atom is 0.146 e. The number of allylic oxidation sites excluding steroid dienone is 2. The maximum atomic E-state index is 5.32. The van der Waals surface area contributed by atoms with E-state index in [0.29, 0.717) is 0 Å². The first-order valence-corrected chi connectivity index (χ1v) is 5.87. The van der Waals surface area contributed by atoms with Crippen LogP contribution in [-0.2, 0) is 11.0 Å². The van der Waals surface area contributed by atoms with Crippen molar-refractivity contribution in [2.75, 3.05) is 0 Å². The van der Waals surface area contributed by atoms with Crippen LogP contribution in [0.3, 0.4) is 0 Å². The third kappa shape index (κ3) is 2.56. The molecule has 1 nitrogen and oxygen atoms in total. The van der Waals surface area contributed by atoms with Gasteiger partial charge in [0, 0.05) is 0 Å². The standard InChI is InChI=1S/C12H18OSi/c1-3-10(4-2)12-8-6-5-7-11(12)9-13-14/h3,5-8H,4,9H2,1-2,14H3. The molecule has 0 aliphatic heterocycles. The molecule has 0 N–H and O–H groups in total. The van der Waals surface area contributed by atoms with Gasteiger partial charge >= 0.3 is 0 Å². The summed E-state index contributed by atoms with van der Waals surface area (Å²) in [4.78, 5) is 0. The van der Waals surface area contributed by atoms with Crippen LogP contribution in [0.25, 0.3) is 5.57 Å². The topological polar surface area (TPSA) is 9.23 Å². The minimum absolute atomic E-state index is 0.750. The van der Waals surface area contributed by atoms with Crippen molar-refractivity contribution < 1.29 is 4.43 Å². The lowest BCUT2D eigenvalue weighted by Crippen LogP contribution is -1.95. The molecule has 0 aromatic heterocycles. The van der Waals surface area contributed by atoms with Crippen molar-refractivity contribution in [3.05, 3.63) is 41.5 Å². The van der Waals surface area contributed by atoms with E-state index in [1.54, 1.807) is 0 Å². The summed E-state index contributed by atoms with van der Waals surface area (Å²) in [5.41, 5.74) is 4.05. The van der Waals surface area contributed by atoms with Crippen LogP contribution in [0.1, 0.15) is 31.4 Å². The van der Waals surface area contributed by atoms with Gasteiger partial charge in [-0.15, -0.1) is 0 Å². The Morgan fingerprint density at radius 2 is 2.14 bits per heavy atom. The fraction of sp³-hybridized carbons (Fsp3) is 0.333. The van der Waals surface area contributed by atoms with Gasteiger partial charge in [-0.1, -0.05) is 37.3 Å². The highest BCUT2D eigenvalue weighted by Crippen LogP contribution is 2.22. The second-order valence-electron chi connectivity index (χ2n) is 3.26. The Morgan fingerprint density at radius 1 is 1.43 bits per heavy atom. The zero-order valence-electron chi connectivity index (χ0n) is 9.21. The van der Waals surface area contributed by atoms with E-state index in [-0.39, 0.29) is 0 Å². The van der Waals surface area contributed by atoms with Crippen molar-refractivity contribution in [3.63, 3.8) is 0 Å². The predicted octanol–water partition coefficient (Wildman–Crippen LogP) is 2.30. The molecule has 0 unspecified atom stereocenters. The Hall–Kier alpha value is -0.863.